The van der Waals surface area contributed by atoms with Gasteiger partial charge < -0.3 is 10.6 Å². The molecule has 0 spiro atoms. The highest BCUT2D eigenvalue weighted by atomic mass is 16.2. The lowest BCUT2D eigenvalue weighted by Crippen LogP contribution is -2.46. The van der Waals surface area contributed by atoms with E-state index in [1.807, 2.05) is 69.3 Å². The first kappa shape index (κ1) is 26.6. The molecule has 7 nitrogen and oxygen atoms in total. The van der Waals surface area contributed by atoms with E-state index in [2.05, 4.69) is 22.5 Å². The zero-order valence-corrected chi connectivity index (χ0v) is 21.3. The predicted molar refractivity (Wildman–Crippen MR) is 143 cm³/mol. The summed E-state index contributed by atoms with van der Waals surface area (Å²) in [5.74, 6) is -0.489. The molecule has 3 aromatic rings. The number of pyridine rings is 1. The first-order valence-electron chi connectivity index (χ1n) is 12.3. The van der Waals surface area contributed by atoms with E-state index in [1.54, 1.807) is 24.4 Å². The van der Waals surface area contributed by atoms with Crippen molar-refractivity contribution in [2.45, 2.75) is 59.0 Å². The smallest absolute Gasteiger partial charge is 0.248 e. The molecule has 0 bridgehead atoms. The second-order valence-electron chi connectivity index (χ2n) is 9.02. The fourth-order valence-corrected chi connectivity index (χ4v) is 3.84. The summed E-state index contributed by atoms with van der Waals surface area (Å²) >= 11 is 0. The van der Waals surface area contributed by atoms with Crippen LogP contribution in [0.3, 0.4) is 0 Å². The van der Waals surface area contributed by atoms with Crippen molar-refractivity contribution in [1.29, 1.82) is 0 Å². The van der Waals surface area contributed by atoms with Crippen molar-refractivity contribution < 1.29 is 14.4 Å². The Morgan fingerprint density at radius 3 is 2.19 bits per heavy atom. The van der Waals surface area contributed by atoms with Gasteiger partial charge in [-0.1, -0.05) is 55.0 Å². The van der Waals surface area contributed by atoms with Crippen LogP contribution in [-0.4, -0.2) is 28.7 Å². The number of carbonyl (C=O) groups excluding carboxylic acids is 3. The number of rotatable bonds is 10. The van der Waals surface area contributed by atoms with Crippen LogP contribution in [0.1, 0.15) is 56.3 Å². The minimum Gasteiger partial charge on any atom is -0.352 e. The van der Waals surface area contributed by atoms with Crippen molar-refractivity contribution in [2.75, 3.05) is 10.2 Å². The van der Waals surface area contributed by atoms with Crippen LogP contribution in [0, 0.1) is 6.92 Å². The standard InChI is InChI=1S/C29H34N4O3/c1-5-22-11-15-24(16-12-22)33(27(35)18-17-26(34)32-25-8-6-7-19-30-25)28(29(36)31-20(2)3)23-13-9-21(4)10-14-23/h6-16,19-20,28H,5,17-18H2,1-4H3,(H,31,36)(H,30,32,34)/t28-/m1/s1. The SMILES string of the molecule is CCc1ccc(N(C(=O)CCC(=O)Nc2ccccn2)[C@@H](C(=O)NC(C)C)c2ccc(C)cc2)cc1. The number of hydrogen-bond acceptors (Lipinski definition) is 4. The molecule has 188 valence electrons. The van der Waals surface area contributed by atoms with E-state index >= 15 is 0 Å². The van der Waals surface area contributed by atoms with Crippen LogP contribution in [0.4, 0.5) is 11.5 Å². The molecule has 0 saturated carbocycles. The maximum absolute atomic E-state index is 13.7. The lowest BCUT2D eigenvalue weighted by molar-refractivity contribution is -0.127. The molecule has 3 rings (SSSR count). The van der Waals surface area contributed by atoms with Gasteiger partial charge in [0.05, 0.1) is 0 Å². The zero-order valence-electron chi connectivity index (χ0n) is 21.3. The summed E-state index contributed by atoms with van der Waals surface area (Å²) in [5, 5.41) is 5.67. The van der Waals surface area contributed by atoms with Crippen molar-refractivity contribution in [2.24, 2.45) is 0 Å². The van der Waals surface area contributed by atoms with Gasteiger partial charge in [0, 0.05) is 30.8 Å². The van der Waals surface area contributed by atoms with Gasteiger partial charge in [-0.15, -0.1) is 0 Å². The molecule has 3 amide bonds. The lowest BCUT2D eigenvalue weighted by Gasteiger charge is -2.32. The molecule has 2 aromatic carbocycles. The molecule has 0 fully saturated rings. The van der Waals surface area contributed by atoms with Gasteiger partial charge >= 0.3 is 0 Å². The molecular formula is C29H34N4O3. The number of amides is 3. The third kappa shape index (κ3) is 7.25. The highest BCUT2D eigenvalue weighted by Crippen LogP contribution is 2.30. The summed E-state index contributed by atoms with van der Waals surface area (Å²) in [6.07, 6.45) is 2.34. The number of hydrogen-bond donors (Lipinski definition) is 2. The van der Waals surface area contributed by atoms with Gasteiger partial charge in [-0.05, 0) is 62.6 Å². The van der Waals surface area contributed by atoms with Crippen LogP contribution in [0.2, 0.25) is 0 Å². The Balaban J connectivity index is 1.93. The van der Waals surface area contributed by atoms with Crippen LogP contribution in [0.5, 0.6) is 0 Å². The second kappa shape index (κ2) is 12.6. The van der Waals surface area contributed by atoms with E-state index in [4.69, 9.17) is 0 Å². The monoisotopic (exact) mass is 486 g/mol. The Morgan fingerprint density at radius 1 is 0.917 bits per heavy atom. The summed E-state index contributed by atoms with van der Waals surface area (Å²) in [7, 11) is 0. The highest BCUT2D eigenvalue weighted by Gasteiger charge is 2.33. The number of anilines is 2. The molecule has 36 heavy (non-hydrogen) atoms. The van der Waals surface area contributed by atoms with Crippen LogP contribution in [0.15, 0.2) is 72.9 Å². The van der Waals surface area contributed by atoms with Gasteiger partial charge in [0.15, 0.2) is 0 Å². The third-order valence-electron chi connectivity index (χ3n) is 5.72. The maximum Gasteiger partial charge on any atom is 0.248 e. The van der Waals surface area contributed by atoms with Crippen molar-refractivity contribution in [3.05, 3.63) is 89.6 Å². The normalized spacial score (nSPS) is 11.6. The molecule has 2 N–H and O–H groups in total. The number of nitrogens with zero attached hydrogens (tertiary/aromatic N) is 2. The molecule has 7 heteroatoms. The fourth-order valence-electron chi connectivity index (χ4n) is 3.84. The van der Waals surface area contributed by atoms with Crippen molar-refractivity contribution in [3.8, 4) is 0 Å². The topological polar surface area (TPSA) is 91.4 Å². The van der Waals surface area contributed by atoms with E-state index < -0.39 is 6.04 Å². The highest BCUT2D eigenvalue weighted by molar-refractivity contribution is 6.03. The predicted octanol–water partition coefficient (Wildman–Crippen LogP) is 4.97. The largest absolute Gasteiger partial charge is 0.352 e. The van der Waals surface area contributed by atoms with E-state index in [0.717, 1.165) is 17.5 Å². The zero-order chi connectivity index (χ0) is 26.1. The maximum atomic E-state index is 13.7. The van der Waals surface area contributed by atoms with Gasteiger partial charge in [-0.25, -0.2) is 4.98 Å². The van der Waals surface area contributed by atoms with E-state index in [1.165, 1.54) is 4.90 Å². The summed E-state index contributed by atoms with van der Waals surface area (Å²) < 4.78 is 0. The average molecular weight is 487 g/mol. The van der Waals surface area contributed by atoms with Gasteiger partial charge in [0.25, 0.3) is 0 Å². The van der Waals surface area contributed by atoms with Crippen LogP contribution < -0.4 is 15.5 Å². The van der Waals surface area contributed by atoms with E-state index in [9.17, 15) is 14.4 Å². The molecule has 1 heterocycles. The average Bonchev–Trinajstić information content (AvgIpc) is 2.87. The summed E-state index contributed by atoms with van der Waals surface area (Å²) in [6.45, 7) is 7.80. The Morgan fingerprint density at radius 2 is 1.61 bits per heavy atom. The van der Waals surface area contributed by atoms with E-state index in [-0.39, 0.29) is 36.6 Å². The van der Waals surface area contributed by atoms with Crippen LogP contribution in [0.25, 0.3) is 0 Å². The molecule has 0 aliphatic heterocycles. The summed E-state index contributed by atoms with van der Waals surface area (Å²) in [4.78, 5) is 45.3. The number of carbonyl (C=O) groups is 3. The molecule has 0 radical (unpaired) electrons. The molecule has 0 aliphatic rings. The van der Waals surface area contributed by atoms with Crippen LogP contribution >= 0.6 is 0 Å². The quantitative estimate of drug-likeness (QED) is 0.423. The molecular weight excluding hydrogens is 452 g/mol. The summed E-state index contributed by atoms with van der Waals surface area (Å²) in [6, 6.07) is 19.4. The van der Waals surface area contributed by atoms with Gasteiger partial charge in [0.1, 0.15) is 11.9 Å². The first-order valence-corrected chi connectivity index (χ1v) is 12.3. The van der Waals surface area contributed by atoms with Gasteiger partial charge in [-0.2, -0.15) is 0 Å². The fraction of sp³-hybridized carbons (Fsp3) is 0.310. The second-order valence-corrected chi connectivity index (χ2v) is 9.02. The lowest BCUT2D eigenvalue weighted by atomic mass is 10.00. The van der Waals surface area contributed by atoms with Crippen molar-refractivity contribution in [1.82, 2.24) is 10.3 Å². The third-order valence-corrected chi connectivity index (χ3v) is 5.72. The molecule has 0 saturated heterocycles. The van der Waals surface area contributed by atoms with Crippen molar-refractivity contribution in [3.63, 3.8) is 0 Å². The molecule has 1 atom stereocenters. The Bertz CT molecular complexity index is 1160. The van der Waals surface area contributed by atoms with Gasteiger partial charge in [0.2, 0.25) is 17.7 Å². The minimum absolute atomic E-state index is 0.0363. The minimum atomic E-state index is -0.883. The van der Waals surface area contributed by atoms with Crippen molar-refractivity contribution >= 4 is 29.2 Å². The van der Waals surface area contributed by atoms with Crippen LogP contribution in [-0.2, 0) is 20.8 Å². The first-order chi connectivity index (χ1) is 17.3. The van der Waals surface area contributed by atoms with E-state index in [0.29, 0.717) is 17.1 Å². The van der Waals surface area contributed by atoms with Gasteiger partial charge in [-0.3, -0.25) is 19.3 Å². The number of aryl methyl sites for hydroxylation is 2. The number of benzene rings is 2. The molecule has 0 aliphatic carbocycles. The Hall–Kier alpha value is -4.00. The summed E-state index contributed by atoms with van der Waals surface area (Å²) in [5.41, 5.74) is 3.48. The number of nitrogens with one attached hydrogen (secondary N) is 2. The molecule has 1 aromatic heterocycles. The Labute approximate surface area is 212 Å². The molecule has 0 unspecified atom stereocenters. The number of aromatic nitrogens is 1. The Kier molecular flexibility index (Phi) is 9.33.